The fourth-order valence-electron chi connectivity index (χ4n) is 1.97. The van der Waals surface area contributed by atoms with Crippen LogP contribution in [0.2, 0.25) is 0 Å². The molecule has 0 aliphatic heterocycles. The van der Waals surface area contributed by atoms with Crippen molar-refractivity contribution in [1.29, 1.82) is 0 Å². The number of carbonyl (C=O) groups excluding carboxylic acids is 1. The predicted molar refractivity (Wildman–Crippen MR) is 98.3 cm³/mol. The van der Waals surface area contributed by atoms with Crippen LogP contribution in [-0.4, -0.2) is 44.7 Å². The van der Waals surface area contributed by atoms with Crippen molar-refractivity contribution in [2.24, 2.45) is 0 Å². The number of para-hydroxylation sites is 1. The van der Waals surface area contributed by atoms with E-state index in [2.05, 4.69) is 25.1 Å². The van der Waals surface area contributed by atoms with E-state index < -0.39 is 10.0 Å². The Morgan fingerprint density at radius 3 is 2.64 bits per heavy atom. The van der Waals surface area contributed by atoms with E-state index in [0.717, 1.165) is 17.0 Å². The maximum atomic E-state index is 12.2. The van der Waals surface area contributed by atoms with Crippen molar-refractivity contribution in [2.45, 2.75) is 24.1 Å². The van der Waals surface area contributed by atoms with Gasteiger partial charge in [0, 0.05) is 32.2 Å². The third-order valence-corrected chi connectivity index (χ3v) is 6.03. The maximum absolute atomic E-state index is 12.2. The van der Waals surface area contributed by atoms with E-state index in [0.29, 0.717) is 13.0 Å². The van der Waals surface area contributed by atoms with Crippen LogP contribution in [0.1, 0.15) is 19.8 Å². The molecule has 0 atom stereocenters. The zero-order chi connectivity index (χ0) is 18.3. The minimum Gasteiger partial charge on any atom is -0.375 e. The summed E-state index contributed by atoms with van der Waals surface area (Å²) < 4.78 is 26.7. The van der Waals surface area contributed by atoms with Crippen LogP contribution < -0.4 is 14.9 Å². The van der Waals surface area contributed by atoms with Gasteiger partial charge in [0.15, 0.2) is 0 Å². The van der Waals surface area contributed by atoms with Gasteiger partial charge in [-0.3, -0.25) is 4.79 Å². The summed E-state index contributed by atoms with van der Waals surface area (Å²) in [7, 11) is -1.76. The highest BCUT2D eigenvalue weighted by Crippen LogP contribution is 2.19. The Morgan fingerprint density at radius 2 is 1.96 bits per heavy atom. The summed E-state index contributed by atoms with van der Waals surface area (Å²) in [5.74, 6) is -0.239. The van der Waals surface area contributed by atoms with Gasteiger partial charge >= 0.3 is 0 Å². The largest absolute Gasteiger partial charge is 0.375 e. The van der Waals surface area contributed by atoms with Crippen molar-refractivity contribution in [3.05, 3.63) is 30.3 Å². The van der Waals surface area contributed by atoms with Gasteiger partial charge in [0.1, 0.15) is 0 Å². The van der Waals surface area contributed by atoms with E-state index in [1.165, 1.54) is 0 Å². The number of sulfonamides is 1. The number of carbonyl (C=O) groups is 1. The first-order valence-electron chi connectivity index (χ1n) is 7.81. The zero-order valence-corrected chi connectivity index (χ0v) is 15.7. The maximum Gasteiger partial charge on any atom is 0.269 e. The number of nitrogens with zero attached hydrogens (tertiary/aromatic N) is 3. The van der Waals surface area contributed by atoms with Gasteiger partial charge in [-0.15, -0.1) is 10.2 Å². The van der Waals surface area contributed by atoms with Crippen molar-refractivity contribution < 1.29 is 13.2 Å². The van der Waals surface area contributed by atoms with Crippen LogP contribution >= 0.6 is 11.3 Å². The van der Waals surface area contributed by atoms with Crippen molar-refractivity contribution >= 4 is 38.1 Å². The lowest BCUT2D eigenvalue weighted by Crippen LogP contribution is -2.28. The lowest BCUT2D eigenvalue weighted by Gasteiger charge is -2.18. The summed E-state index contributed by atoms with van der Waals surface area (Å²) in [6.45, 7) is 2.69. The normalized spacial score (nSPS) is 11.3. The minimum absolute atomic E-state index is 0.157. The number of benzene rings is 1. The molecule has 0 saturated heterocycles. The fraction of sp³-hybridized carbons (Fsp3) is 0.400. The molecule has 0 spiro atoms. The molecule has 0 fully saturated rings. The third-order valence-electron chi connectivity index (χ3n) is 3.36. The smallest absolute Gasteiger partial charge is 0.269 e. The first-order chi connectivity index (χ1) is 11.9. The first kappa shape index (κ1) is 19.3. The van der Waals surface area contributed by atoms with E-state index in [1.807, 2.05) is 37.4 Å². The second-order valence-corrected chi connectivity index (χ2v) is 8.20. The summed E-state index contributed by atoms with van der Waals surface area (Å²) in [5, 5.41) is 9.97. The number of nitrogens with one attached hydrogen (secondary N) is 2. The predicted octanol–water partition coefficient (Wildman–Crippen LogP) is 1.69. The number of hydrogen-bond donors (Lipinski definition) is 2. The number of amides is 1. The van der Waals surface area contributed by atoms with Gasteiger partial charge in [-0.2, -0.15) is 0 Å². The highest BCUT2D eigenvalue weighted by molar-refractivity contribution is 7.91. The van der Waals surface area contributed by atoms with Crippen LogP contribution in [0.3, 0.4) is 0 Å². The van der Waals surface area contributed by atoms with Gasteiger partial charge in [-0.25, -0.2) is 13.1 Å². The third kappa shape index (κ3) is 5.76. The van der Waals surface area contributed by atoms with Gasteiger partial charge in [0.05, 0.1) is 0 Å². The second-order valence-electron chi connectivity index (χ2n) is 5.28. The van der Waals surface area contributed by atoms with E-state index in [-0.39, 0.29) is 28.3 Å². The average Bonchev–Trinajstić information content (AvgIpc) is 3.08. The van der Waals surface area contributed by atoms with Crippen molar-refractivity contribution in [3.8, 4) is 0 Å². The van der Waals surface area contributed by atoms with Crippen molar-refractivity contribution in [1.82, 2.24) is 14.9 Å². The standard InChI is InChI=1S/C15H21N5O3S2/c1-3-13(21)17-14-18-19-15(24-14)25(22,23)16-10-7-11-20(2)12-8-5-4-6-9-12/h4-6,8-9,16H,3,7,10-11H2,1-2H3,(H,17,18,21). The SMILES string of the molecule is CCC(=O)Nc1nnc(S(=O)(=O)NCCCN(C)c2ccccc2)s1. The molecule has 8 nitrogen and oxygen atoms in total. The Balaban J connectivity index is 1.82. The summed E-state index contributed by atoms with van der Waals surface area (Å²) in [5.41, 5.74) is 1.07. The summed E-state index contributed by atoms with van der Waals surface area (Å²) in [4.78, 5) is 13.3. The molecule has 136 valence electrons. The molecule has 0 aliphatic carbocycles. The molecule has 0 bridgehead atoms. The van der Waals surface area contributed by atoms with Gasteiger partial charge in [0.25, 0.3) is 10.0 Å². The van der Waals surface area contributed by atoms with Crippen LogP contribution in [0.5, 0.6) is 0 Å². The summed E-state index contributed by atoms with van der Waals surface area (Å²) in [6.07, 6.45) is 0.928. The Bertz CT molecular complexity index is 793. The molecule has 0 saturated carbocycles. The molecule has 0 aliphatic rings. The molecule has 10 heteroatoms. The highest BCUT2D eigenvalue weighted by atomic mass is 32.2. The molecule has 2 N–H and O–H groups in total. The molecule has 1 aromatic heterocycles. The Hall–Kier alpha value is -2.04. The first-order valence-corrected chi connectivity index (χ1v) is 10.1. The van der Waals surface area contributed by atoms with E-state index in [9.17, 15) is 13.2 Å². The molecular formula is C15H21N5O3S2. The van der Waals surface area contributed by atoms with Crippen LogP contribution in [0.15, 0.2) is 34.7 Å². The van der Waals surface area contributed by atoms with Crippen LogP contribution in [-0.2, 0) is 14.8 Å². The fourth-order valence-corrected chi connectivity index (χ4v) is 4.00. The van der Waals surface area contributed by atoms with Crippen molar-refractivity contribution in [2.75, 3.05) is 30.4 Å². The van der Waals surface area contributed by atoms with Crippen molar-refractivity contribution in [3.63, 3.8) is 0 Å². The lowest BCUT2D eigenvalue weighted by atomic mass is 10.3. The zero-order valence-electron chi connectivity index (χ0n) is 14.1. The van der Waals surface area contributed by atoms with E-state index >= 15 is 0 Å². The molecule has 1 amide bonds. The number of aromatic nitrogens is 2. The number of anilines is 2. The van der Waals surface area contributed by atoms with E-state index in [1.54, 1.807) is 6.92 Å². The Morgan fingerprint density at radius 1 is 1.24 bits per heavy atom. The molecule has 25 heavy (non-hydrogen) atoms. The molecule has 0 unspecified atom stereocenters. The monoisotopic (exact) mass is 383 g/mol. The van der Waals surface area contributed by atoms with Crippen LogP contribution in [0.4, 0.5) is 10.8 Å². The molecule has 0 radical (unpaired) electrons. The number of hydrogen-bond acceptors (Lipinski definition) is 7. The second kappa shape index (κ2) is 8.88. The molecule has 2 aromatic rings. The highest BCUT2D eigenvalue weighted by Gasteiger charge is 2.20. The lowest BCUT2D eigenvalue weighted by molar-refractivity contribution is -0.115. The van der Waals surface area contributed by atoms with Gasteiger partial charge in [-0.05, 0) is 18.6 Å². The van der Waals surface area contributed by atoms with E-state index in [4.69, 9.17) is 0 Å². The Kier molecular flexibility index (Phi) is 6.85. The quantitative estimate of drug-likeness (QED) is 0.504. The van der Waals surface area contributed by atoms with Crippen LogP contribution in [0.25, 0.3) is 0 Å². The number of rotatable bonds is 9. The average molecular weight is 383 g/mol. The summed E-state index contributed by atoms with van der Waals surface area (Å²) in [6, 6.07) is 9.86. The topological polar surface area (TPSA) is 104 Å². The molecule has 1 heterocycles. The molecular weight excluding hydrogens is 362 g/mol. The molecule has 1 aromatic carbocycles. The van der Waals surface area contributed by atoms with Crippen LogP contribution in [0, 0.1) is 0 Å². The van der Waals surface area contributed by atoms with Gasteiger partial charge < -0.3 is 10.2 Å². The minimum atomic E-state index is -3.72. The Labute approximate surface area is 151 Å². The molecule has 2 rings (SSSR count). The van der Waals surface area contributed by atoms with Gasteiger partial charge in [-0.1, -0.05) is 36.5 Å². The summed E-state index contributed by atoms with van der Waals surface area (Å²) >= 11 is 0.830. The van der Waals surface area contributed by atoms with Gasteiger partial charge in [0.2, 0.25) is 15.4 Å².